The number of piperazine rings is 1. The Morgan fingerprint density at radius 2 is 1.17 bits per heavy atom. The number of halogens is 2. The number of likely N-dealkylation sites (N-methyl/N-ethyl adjacent to an activating group) is 1. The molecular weight excluding hydrogens is 1450 g/mol. The molecule has 7 aromatic rings. The van der Waals surface area contributed by atoms with Gasteiger partial charge in [0.05, 0.1) is 42.3 Å². The number of benzene rings is 7. The monoisotopic (exact) mass is 1530 g/mol. The molecule has 0 aliphatic carbocycles. The van der Waals surface area contributed by atoms with Crippen LogP contribution in [0.5, 0.6) is 69.0 Å². The van der Waals surface area contributed by atoms with Crippen LogP contribution in [-0.2, 0) is 46.5 Å². The lowest BCUT2D eigenvalue weighted by atomic mass is 9.87. The van der Waals surface area contributed by atoms with Crippen molar-refractivity contribution in [1.29, 1.82) is 0 Å². The predicted octanol–water partition coefficient (Wildman–Crippen LogP) is 8.37. The summed E-state index contributed by atoms with van der Waals surface area (Å²) in [7, 11) is 5.90. The number of aliphatic hydroxyl groups is 1. The smallest absolute Gasteiger partial charge is 0.248 e. The van der Waals surface area contributed by atoms with E-state index in [4.69, 9.17) is 43.1 Å². The van der Waals surface area contributed by atoms with Crippen LogP contribution in [0.25, 0.3) is 11.1 Å². The fraction of sp³-hybridized carbons (Fsp3) is 0.380. The highest BCUT2D eigenvalue weighted by Gasteiger charge is 2.43. The molecule has 7 heterocycles. The summed E-state index contributed by atoms with van der Waals surface area (Å²) in [5, 5.41) is 104. The maximum absolute atomic E-state index is 16.2. The molecule has 0 unspecified atom stereocenters. The maximum atomic E-state index is 16.2. The van der Waals surface area contributed by atoms with Gasteiger partial charge < -0.3 is 102 Å². The Bertz CT molecular complexity index is 4670. The van der Waals surface area contributed by atoms with E-state index in [0.717, 1.165) is 67.3 Å². The fourth-order valence-corrected chi connectivity index (χ4v) is 14.9. The highest BCUT2D eigenvalue weighted by molar-refractivity contribution is 6.32. The van der Waals surface area contributed by atoms with Gasteiger partial charge in [0.1, 0.15) is 88.6 Å². The fourth-order valence-electron chi connectivity index (χ4n) is 14.4. The van der Waals surface area contributed by atoms with E-state index in [1.807, 2.05) is 19.0 Å². The first-order chi connectivity index (χ1) is 52.1. The molecule has 1 saturated heterocycles. The molecule has 7 aliphatic heterocycles. The minimum atomic E-state index is -2.17. The van der Waals surface area contributed by atoms with Crippen molar-refractivity contribution in [2.24, 2.45) is 5.73 Å². The number of phenols is 6. The van der Waals surface area contributed by atoms with Crippen molar-refractivity contribution in [1.82, 2.24) is 47.0 Å². The van der Waals surface area contributed by atoms with E-state index in [1.165, 1.54) is 117 Å². The molecule has 0 saturated carbocycles. The van der Waals surface area contributed by atoms with Crippen LogP contribution >= 0.6 is 23.2 Å². The molecule has 7 aliphatic rings. The van der Waals surface area contributed by atoms with E-state index in [9.17, 15) is 40.5 Å². The third kappa shape index (κ3) is 17.8. The van der Waals surface area contributed by atoms with Crippen molar-refractivity contribution < 1.29 is 88.0 Å². The lowest BCUT2D eigenvalue weighted by Crippen LogP contribution is -2.57. The number of quaternary nitrogens is 1. The van der Waals surface area contributed by atoms with Gasteiger partial charge in [-0.05, 0) is 158 Å². The summed E-state index contributed by atoms with van der Waals surface area (Å²) in [6.07, 6.45) is 7.45. The number of nitrogens with one attached hydrogen (secondary N) is 7. The predicted molar refractivity (Wildman–Crippen MR) is 402 cm³/mol. The number of ether oxygens (including phenoxy) is 3. The molecule has 14 rings (SSSR count). The number of carbonyl (C=O) groups excluding carboxylic acids is 7. The quantitative estimate of drug-likeness (QED) is 0.0319. The van der Waals surface area contributed by atoms with Crippen LogP contribution in [0.4, 0.5) is 0 Å². The molecular formula is C79H90Cl2N11O17+. The number of rotatable bonds is 16. The van der Waals surface area contributed by atoms with Crippen LogP contribution in [-0.4, -0.2) is 170 Å². The van der Waals surface area contributed by atoms with E-state index in [2.05, 4.69) is 56.1 Å². The second-order valence-corrected chi connectivity index (χ2v) is 29.8. The van der Waals surface area contributed by atoms with Gasteiger partial charge in [0.15, 0.2) is 23.0 Å². The van der Waals surface area contributed by atoms with Crippen molar-refractivity contribution in [2.75, 3.05) is 67.0 Å². The molecule has 1 fully saturated rings. The third-order valence-electron chi connectivity index (χ3n) is 20.7. The largest absolute Gasteiger partial charge is 0.508 e. The summed E-state index contributed by atoms with van der Waals surface area (Å²) >= 11 is 14.0. The number of phenolic OH excluding ortho intramolecular Hbond substituents is 6. The number of nitrogens with two attached hydrogens (primary N) is 1. The Kier molecular flexibility index (Phi) is 24.0. The van der Waals surface area contributed by atoms with Gasteiger partial charge in [-0.2, -0.15) is 0 Å². The molecule has 30 heteroatoms. The van der Waals surface area contributed by atoms with E-state index < -0.39 is 136 Å². The van der Waals surface area contributed by atoms with Crippen molar-refractivity contribution >= 4 is 64.6 Å². The van der Waals surface area contributed by atoms with Gasteiger partial charge in [0.25, 0.3) is 0 Å². The average Bonchev–Trinajstić information content (AvgIpc) is 0.749. The van der Waals surface area contributed by atoms with E-state index >= 15 is 28.8 Å². The summed E-state index contributed by atoms with van der Waals surface area (Å²) in [5.41, 5.74) is 5.27. The number of hydrogen-bond donors (Lipinski definition) is 15. The zero-order valence-electron chi connectivity index (χ0n) is 60.6. The third-order valence-corrected chi connectivity index (χ3v) is 21.3. The van der Waals surface area contributed by atoms with Crippen LogP contribution in [0.15, 0.2) is 109 Å². The minimum Gasteiger partial charge on any atom is -0.508 e. The molecule has 8 atom stereocenters. The van der Waals surface area contributed by atoms with Crippen LogP contribution in [0.2, 0.25) is 10.0 Å². The molecule has 16 N–H and O–H groups in total. The van der Waals surface area contributed by atoms with Gasteiger partial charge in [0, 0.05) is 49.8 Å². The molecule has 0 spiro atoms. The highest BCUT2D eigenvalue weighted by Crippen LogP contribution is 2.50. The minimum absolute atomic E-state index is 0.0173. The van der Waals surface area contributed by atoms with Crippen molar-refractivity contribution in [3.8, 4) is 80.1 Å². The average molecular weight is 1540 g/mol. The molecule has 17 bridgehead atoms. The lowest BCUT2D eigenvalue weighted by Gasteiger charge is -2.42. The van der Waals surface area contributed by atoms with Crippen molar-refractivity contribution in [2.45, 2.75) is 126 Å². The normalized spacial score (nSPS) is 21.4. The summed E-state index contributed by atoms with van der Waals surface area (Å²) < 4.78 is 19.6. The number of unbranched alkanes of at least 4 members (excludes halogenated alkanes) is 7. The van der Waals surface area contributed by atoms with Gasteiger partial charge >= 0.3 is 0 Å². The lowest BCUT2D eigenvalue weighted by molar-refractivity contribution is -0.914. The zero-order valence-corrected chi connectivity index (χ0v) is 62.1. The summed E-state index contributed by atoms with van der Waals surface area (Å²) in [5.74, 6) is -13.0. The second-order valence-electron chi connectivity index (χ2n) is 29.0. The summed E-state index contributed by atoms with van der Waals surface area (Å²) in [6.45, 7) is 6.33. The molecule has 7 amide bonds. The topological polar surface area (TPSA) is 405 Å². The Morgan fingerprint density at radius 1 is 0.578 bits per heavy atom. The molecule has 576 valence electrons. The molecule has 28 nitrogen and oxygen atoms in total. The van der Waals surface area contributed by atoms with Gasteiger partial charge in [-0.1, -0.05) is 92.9 Å². The molecule has 0 radical (unpaired) electrons. The summed E-state index contributed by atoms with van der Waals surface area (Å²) in [4.78, 5) is 112. The number of nitrogens with zero attached hydrogens (tertiary/aromatic N) is 3. The first-order valence-corrected chi connectivity index (χ1v) is 37.2. The standard InChI is InChI=1S/C79H89Cl2N11O17/c1-5-6-7-8-9-10-11-12-26-92(4)27-24-91(25-28-92)40-51-57(96)39-50-63(71(51)98)49-33-43(16-18-55(49)94)65-76(103)89-69(79(106)88-68(50)75(102)83-22-13-23-90(2)3)70(97)44-17-21-59(53(81)34-44)109-62-37-46-36-61(72(62)99)108-58-20-14-41(29-52(58)80)30-54-73(100)85-66(77(104)87-67(46)78(105)86-65)45-31-47(93)38-48(32-45)107-60-35-42(15-19-56(60)95)64(82)74(101)84-54/h14-21,29,31-39,54,64-70,97H,5-13,22-28,30,40,82H2,1-4H3,(H12-,83,84,85,86,87,88,89,93,94,95,96,98,99,100,101,102,103,104,105,106)/p+1/t54-,64-,65-,66+,67-,68+,69+,70-/m1/s1. The van der Waals surface area contributed by atoms with Crippen LogP contribution in [0.3, 0.4) is 0 Å². The number of hydrogen-bond acceptors (Lipinski definition) is 20. The number of aromatic hydroxyl groups is 6. The zero-order chi connectivity index (χ0) is 77.7. The van der Waals surface area contributed by atoms with Gasteiger partial charge in [-0.15, -0.1) is 0 Å². The molecule has 7 aromatic carbocycles. The van der Waals surface area contributed by atoms with E-state index in [0.29, 0.717) is 31.6 Å². The highest BCUT2D eigenvalue weighted by atomic mass is 35.5. The van der Waals surface area contributed by atoms with Crippen LogP contribution in [0, 0.1) is 0 Å². The SMILES string of the molecule is CCCCCCCCCC[N+]1(C)CCN(Cc2c(O)cc3c(c2O)-c2cc(ccc2O)[C@H]2NC(=O)[C@@H]4NC(=O)[C@H]5NC(=O)[C@@H](Cc6ccc(c(Cl)c6)Oc6cc4cc(c6O)Oc4ccc(cc4Cl)[C@@H](O)[C@H](NC2=O)C(=O)N[C@@H]3C(=O)NCCCN(C)C)NC(=O)[C@H](N)c2ccc(O)c(c2)Oc2cc(O)cc5c2)CC1. The van der Waals surface area contributed by atoms with Crippen LogP contribution in [0.1, 0.15) is 146 Å². The van der Waals surface area contributed by atoms with Gasteiger partial charge in [-0.3, -0.25) is 38.5 Å². The molecule has 0 aromatic heterocycles. The van der Waals surface area contributed by atoms with Gasteiger partial charge in [-0.25, -0.2) is 0 Å². The number of fused-ring (bicyclic) bond motifs is 14. The number of aliphatic hydroxyl groups excluding tert-OH is 1. The second kappa shape index (κ2) is 33.5. The number of carbonyl (C=O) groups is 7. The number of amides is 7. The first kappa shape index (κ1) is 78.0. The first-order valence-electron chi connectivity index (χ1n) is 36.4. The Morgan fingerprint density at radius 3 is 1.84 bits per heavy atom. The van der Waals surface area contributed by atoms with Crippen molar-refractivity contribution in [3.05, 3.63) is 164 Å². The molecule has 109 heavy (non-hydrogen) atoms. The summed E-state index contributed by atoms with van der Waals surface area (Å²) in [6, 6.07) is 9.03. The van der Waals surface area contributed by atoms with E-state index in [-0.39, 0.29) is 103 Å². The van der Waals surface area contributed by atoms with Crippen LogP contribution < -0.4 is 57.2 Å². The Labute approximate surface area is 639 Å². The van der Waals surface area contributed by atoms with Gasteiger partial charge in [0.2, 0.25) is 47.1 Å². The van der Waals surface area contributed by atoms with E-state index in [1.54, 1.807) is 0 Å². The maximum Gasteiger partial charge on any atom is 0.248 e. The Hall–Kier alpha value is -10.6. The van der Waals surface area contributed by atoms with Crippen molar-refractivity contribution in [3.63, 3.8) is 0 Å². The Balaban J connectivity index is 1.01.